The lowest BCUT2D eigenvalue weighted by molar-refractivity contribution is -0.384. The number of non-ortho nitro benzene ring substituents is 1. The van der Waals surface area contributed by atoms with Gasteiger partial charge in [-0.3, -0.25) is 10.1 Å². The summed E-state index contributed by atoms with van der Waals surface area (Å²) < 4.78 is 11.9. The Morgan fingerprint density at radius 3 is 2.42 bits per heavy atom. The fourth-order valence-electron chi connectivity index (χ4n) is 3.20. The first-order valence-electron chi connectivity index (χ1n) is 12.4. The van der Waals surface area contributed by atoms with E-state index in [0.717, 1.165) is 28.0 Å². The molecule has 0 amide bonds. The summed E-state index contributed by atoms with van der Waals surface area (Å²) in [5.74, 6) is 0.588. The SMILES string of the molecule is C/C=C\SC(=C\C)/C(=C\CC)/C=C(/OCCOCc1ccccc1)c1cc([N+](=O)[O-])ccc1C.CC. The Morgan fingerprint density at radius 2 is 1.81 bits per heavy atom. The van der Waals surface area contributed by atoms with E-state index in [1.165, 1.54) is 6.07 Å². The van der Waals surface area contributed by atoms with E-state index in [2.05, 4.69) is 19.1 Å². The molecule has 0 N–H and O–H groups in total. The second-order valence-corrected chi connectivity index (χ2v) is 8.41. The fourth-order valence-corrected chi connectivity index (χ4v) is 3.89. The maximum absolute atomic E-state index is 11.4. The number of allylic oxidation sites excluding steroid dienone is 5. The summed E-state index contributed by atoms with van der Waals surface area (Å²) in [6, 6.07) is 14.8. The zero-order chi connectivity index (χ0) is 26.8. The molecule has 0 atom stereocenters. The molecule has 0 radical (unpaired) electrons. The van der Waals surface area contributed by atoms with Crippen LogP contribution in [0.4, 0.5) is 5.69 Å². The molecule has 2 aromatic rings. The summed E-state index contributed by atoms with van der Waals surface area (Å²) in [5.41, 5.74) is 3.75. The van der Waals surface area contributed by atoms with Crippen LogP contribution in [-0.2, 0) is 16.1 Å². The Morgan fingerprint density at radius 1 is 1.08 bits per heavy atom. The van der Waals surface area contributed by atoms with E-state index in [0.29, 0.717) is 31.1 Å². The van der Waals surface area contributed by atoms with Gasteiger partial charge in [-0.2, -0.15) is 0 Å². The average Bonchev–Trinajstić information content (AvgIpc) is 2.90. The number of nitro benzene ring substituents is 1. The normalized spacial score (nSPS) is 12.3. The number of nitrogens with zero attached hydrogens (tertiary/aromatic N) is 1. The lowest BCUT2D eigenvalue weighted by Gasteiger charge is -2.15. The third kappa shape index (κ3) is 10.7. The van der Waals surface area contributed by atoms with E-state index >= 15 is 0 Å². The minimum absolute atomic E-state index is 0.0333. The Balaban J connectivity index is 0.00000316. The molecule has 0 saturated heterocycles. The molecule has 5 nitrogen and oxygen atoms in total. The van der Waals surface area contributed by atoms with Crippen LogP contribution in [0.3, 0.4) is 0 Å². The molecule has 6 heteroatoms. The standard InChI is InChI=1S/C28H33NO4S.C2H6/c1-5-11-24(28(7-3)34-18-6-2)19-27(26-20-25(29(30)31)15-14-22(26)4)33-17-16-32-21-23-12-9-8-10-13-23;1-2/h6-15,18-20H,5,16-17,21H2,1-4H3;1-2H3/b18-6-,24-11-,27-19+,28-7-;. The molecule has 194 valence electrons. The second-order valence-electron chi connectivity index (χ2n) is 7.46. The highest BCUT2D eigenvalue weighted by atomic mass is 32.2. The maximum Gasteiger partial charge on any atom is 0.270 e. The van der Waals surface area contributed by atoms with Crippen molar-refractivity contribution >= 4 is 23.2 Å². The maximum atomic E-state index is 11.4. The molecule has 36 heavy (non-hydrogen) atoms. The van der Waals surface area contributed by atoms with Crippen LogP contribution < -0.4 is 0 Å². The number of benzene rings is 2. The molecule has 0 unspecified atom stereocenters. The highest BCUT2D eigenvalue weighted by molar-refractivity contribution is 8.06. The molecular weight excluding hydrogens is 470 g/mol. The van der Waals surface area contributed by atoms with Crippen molar-refractivity contribution in [1.82, 2.24) is 0 Å². The number of ether oxygens (including phenoxy) is 2. The third-order valence-corrected chi connectivity index (χ3v) is 6.02. The smallest absolute Gasteiger partial charge is 0.270 e. The van der Waals surface area contributed by atoms with Crippen molar-refractivity contribution < 1.29 is 14.4 Å². The molecule has 0 spiro atoms. The van der Waals surface area contributed by atoms with Crippen LogP contribution in [0.25, 0.3) is 5.76 Å². The van der Waals surface area contributed by atoms with E-state index in [9.17, 15) is 10.1 Å². The van der Waals surface area contributed by atoms with Crippen LogP contribution >= 0.6 is 11.8 Å². The number of hydrogen-bond donors (Lipinski definition) is 0. The van der Waals surface area contributed by atoms with Crippen LogP contribution in [0, 0.1) is 17.0 Å². The van der Waals surface area contributed by atoms with Gasteiger partial charge in [0.15, 0.2) is 0 Å². The molecule has 2 rings (SSSR count). The van der Waals surface area contributed by atoms with Gasteiger partial charge >= 0.3 is 0 Å². The summed E-state index contributed by atoms with van der Waals surface area (Å²) >= 11 is 1.63. The van der Waals surface area contributed by atoms with Gasteiger partial charge in [-0.15, -0.1) is 0 Å². The molecule has 0 aromatic heterocycles. The van der Waals surface area contributed by atoms with Crippen molar-refractivity contribution in [1.29, 1.82) is 0 Å². The molecular formula is C30H39NO4S. The molecule has 0 heterocycles. The predicted octanol–water partition coefficient (Wildman–Crippen LogP) is 9.01. The van der Waals surface area contributed by atoms with Gasteiger partial charge in [0.2, 0.25) is 0 Å². The third-order valence-electron chi connectivity index (χ3n) is 4.88. The summed E-state index contributed by atoms with van der Waals surface area (Å²) in [4.78, 5) is 12.1. The number of rotatable bonds is 13. The molecule has 2 aromatic carbocycles. The van der Waals surface area contributed by atoms with E-state index in [4.69, 9.17) is 9.47 Å². The molecule has 0 bridgehead atoms. The highest BCUT2D eigenvalue weighted by Gasteiger charge is 2.15. The first-order chi connectivity index (χ1) is 17.5. The highest BCUT2D eigenvalue weighted by Crippen LogP contribution is 2.32. The van der Waals surface area contributed by atoms with E-state index in [1.54, 1.807) is 23.9 Å². The Kier molecular flexibility index (Phi) is 15.7. The van der Waals surface area contributed by atoms with Crippen LogP contribution in [-0.4, -0.2) is 18.1 Å². The van der Waals surface area contributed by atoms with Crippen LogP contribution in [0.5, 0.6) is 0 Å². The van der Waals surface area contributed by atoms with Gasteiger partial charge in [0.25, 0.3) is 5.69 Å². The zero-order valence-electron chi connectivity index (χ0n) is 22.3. The molecule has 0 saturated carbocycles. The van der Waals surface area contributed by atoms with Crippen LogP contribution in [0.2, 0.25) is 0 Å². The summed E-state index contributed by atoms with van der Waals surface area (Å²) in [5, 5.41) is 13.4. The monoisotopic (exact) mass is 509 g/mol. The van der Waals surface area contributed by atoms with Gasteiger partial charge in [0.1, 0.15) is 12.4 Å². The minimum Gasteiger partial charge on any atom is -0.491 e. The van der Waals surface area contributed by atoms with Crippen molar-refractivity contribution in [2.24, 2.45) is 0 Å². The van der Waals surface area contributed by atoms with Gasteiger partial charge in [-0.05, 0) is 55.4 Å². The van der Waals surface area contributed by atoms with Crippen molar-refractivity contribution in [3.05, 3.63) is 116 Å². The Bertz CT molecular complexity index is 1060. The van der Waals surface area contributed by atoms with E-state index in [-0.39, 0.29) is 10.6 Å². The van der Waals surface area contributed by atoms with Gasteiger partial charge in [-0.1, -0.05) is 87.2 Å². The van der Waals surface area contributed by atoms with E-state index < -0.39 is 0 Å². The van der Waals surface area contributed by atoms with Crippen LogP contribution in [0.15, 0.2) is 88.7 Å². The fraction of sp³-hybridized carbons (Fsp3) is 0.333. The van der Waals surface area contributed by atoms with Crippen molar-refractivity contribution in [3.63, 3.8) is 0 Å². The number of aryl methyl sites for hydroxylation is 1. The predicted molar refractivity (Wildman–Crippen MR) is 154 cm³/mol. The summed E-state index contributed by atoms with van der Waals surface area (Å²) in [7, 11) is 0. The zero-order valence-corrected chi connectivity index (χ0v) is 23.1. The quantitative estimate of drug-likeness (QED) is 0.0886. The number of nitro groups is 1. The number of thioether (sulfide) groups is 1. The molecule has 0 fully saturated rings. The molecule has 0 aliphatic carbocycles. The molecule has 0 aliphatic rings. The second kappa shape index (κ2) is 18.2. The van der Waals surface area contributed by atoms with Gasteiger partial charge in [0, 0.05) is 22.6 Å². The van der Waals surface area contributed by atoms with Crippen molar-refractivity contribution in [2.45, 2.75) is 54.6 Å². The lowest BCUT2D eigenvalue weighted by atomic mass is 10.0. The summed E-state index contributed by atoms with van der Waals surface area (Å²) in [6.45, 7) is 13.2. The Hall–Kier alpha value is -3.09. The topological polar surface area (TPSA) is 61.6 Å². The minimum atomic E-state index is -0.383. The molecule has 0 aliphatic heterocycles. The van der Waals surface area contributed by atoms with Gasteiger partial charge in [-0.25, -0.2) is 0 Å². The van der Waals surface area contributed by atoms with Gasteiger partial charge in [0.05, 0.1) is 18.1 Å². The van der Waals surface area contributed by atoms with E-state index in [1.807, 2.05) is 82.5 Å². The largest absolute Gasteiger partial charge is 0.491 e. The average molecular weight is 510 g/mol. The van der Waals surface area contributed by atoms with Crippen LogP contribution in [0.1, 0.15) is 57.7 Å². The van der Waals surface area contributed by atoms with Crippen molar-refractivity contribution in [3.8, 4) is 0 Å². The first-order valence-corrected chi connectivity index (χ1v) is 13.2. The Labute approximate surface area is 220 Å². The van der Waals surface area contributed by atoms with Gasteiger partial charge < -0.3 is 9.47 Å². The summed E-state index contributed by atoms with van der Waals surface area (Å²) in [6.07, 6.45) is 9.00. The van der Waals surface area contributed by atoms with Crippen molar-refractivity contribution in [2.75, 3.05) is 13.2 Å². The lowest BCUT2D eigenvalue weighted by Crippen LogP contribution is -2.06. The first kappa shape index (κ1) is 30.9. The number of hydrogen-bond acceptors (Lipinski definition) is 5.